The topological polar surface area (TPSA) is 47.0 Å². The highest BCUT2D eigenvalue weighted by molar-refractivity contribution is 9.11. The Kier molecular flexibility index (Phi) is 2.00. The van der Waals surface area contributed by atoms with Gasteiger partial charge >= 0.3 is 0 Å². The SMILES string of the molecule is O=S1(=O)CCc2nc(Br)sc2C1. The first-order valence-corrected chi connectivity index (χ1v) is 6.84. The summed E-state index contributed by atoms with van der Waals surface area (Å²) in [6.07, 6.45) is 0.569. The number of hydrogen-bond donors (Lipinski definition) is 0. The summed E-state index contributed by atoms with van der Waals surface area (Å²) >= 11 is 4.66. The van der Waals surface area contributed by atoms with Gasteiger partial charge in [-0.05, 0) is 15.9 Å². The Morgan fingerprint density at radius 1 is 1.50 bits per heavy atom. The summed E-state index contributed by atoms with van der Waals surface area (Å²) in [6.45, 7) is 0. The maximum absolute atomic E-state index is 11.2. The van der Waals surface area contributed by atoms with Crippen LogP contribution in [0.25, 0.3) is 0 Å². The number of sulfone groups is 1. The first-order chi connectivity index (χ1) is 5.57. The second-order valence-electron chi connectivity index (χ2n) is 2.68. The lowest BCUT2D eigenvalue weighted by Gasteiger charge is -2.09. The zero-order valence-electron chi connectivity index (χ0n) is 6.08. The second-order valence-corrected chi connectivity index (χ2v) is 7.22. The molecule has 1 aromatic rings. The van der Waals surface area contributed by atoms with Gasteiger partial charge in [-0.25, -0.2) is 13.4 Å². The van der Waals surface area contributed by atoms with Gasteiger partial charge in [-0.15, -0.1) is 11.3 Å². The monoisotopic (exact) mass is 267 g/mol. The quantitative estimate of drug-likeness (QED) is 0.714. The van der Waals surface area contributed by atoms with E-state index in [0.29, 0.717) is 6.42 Å². The van der Waals surface area contributed by atoms with Crippen molar-refractivity contribution < 1.29 is 8.42 Å². The lowest BCUT2D eigenvalue weighted by atomic mass is 10.3. The van der Waals surface area contributed by atoms with Gasteiger partial charge in [0.1, 0.15) is 0 Å². The lowest BCUT2D eigenvalue weighted by Crippen LogP contribution is -2.17. The molecule has 0 bridgehead atoms. The van der Waals surface area contributed by atoms with Crippen LogP contribution in [0.1, 0.15) is 10.6 Å². The highest BCUT2D eigenvalue weighted by Gasteiger charge is 2.24. The van der Waals surface area contributed by atoms with E-state index < -0.39 is 9.84 Å². The van der Waals surface area contributed by atoms with Gasteiger partial charge in [0.15, 0.2) is 13.8 Å². The molecule has 0 radical (unpaired) electrons. The van der Waals surface area contributed by atoms with Gasteiger partial charge in [0.2, 0.25) is 0 Å². The van der Waals surface area contributed by atoms with E-state index in [0.717, 1.165) is 14.5 Å². The van der Waals surface area contributed by atoms with E-state index in [2.05, 4.69) is 20.9 Å². The number of halogens is 1. The molecule has 0 atom stereocenters. The Balaban J connectivity index is 2.47. The number of nitrogens with zero attached hydrogens (tertiary/aromatic N) is 1. The van der Waals surface area contributed by atoms with Crippen molar-refractivity contribution in [2.75, 3.05) is 5.75 Å². The van der Waals surface area contributed by atoms with Crippen molar-refractivity contribution in [1.29, 1.82) is 0 Å². The molecule has 2 heterocycles. The van der Waals surface area contributed by atoms with E-state index in [4.69, 9.17) is 0 Å². The minimum Gasteiger partial charge on any atom is -0.234 e. The molecule has 0 amide bonds. The summed E-state index contributed by atoms with van der Waals surface area (Å²) in [7, 11) is -2.83. The Labute approximate surface area is 82.9 Å². The summed E-state index contributed by atoms with van der Waals surface area (Å²) in [5.74, 6) is 0.418. The van der Waals surface area contributed by atoms with Crippen LogP contribution in [0.4, 0.5) is 0 Å². The van der Waals surface area contributed by atoms with Crippen molar-refractivity contribution in [3.63, 3.8) is 0 Å². The molecule has 3 nitrogen and oxygen atoms in total. The van der Waals surface area contributed by atoms with Crippen molar-refractivity contribution in [2.24, 2.45) is 0 Å². The van der Waals surface area contributed by atoms with Gasteiger partial charge in [-0.1, -0.05) is 0 Å². The zero-order valence-corrected chi connectivity index (χ0v) is 9.30. The van der Waals surface area contributed by atoms with Crippen molar-refractivity contribution in [2.45, 2.75) is 12.2 Å². The van der Waals surface area contributed by atoms with Crippen LogP contribution in [0.3, 0.4) is 0 Å². The third-order valence-electron chi connectivity index (χ3n) is 1.75. The van der Waals surface area contributed by atoms with E-state index >= 15 is 0 Å². The molecule has 0 fully saturated rings. The fourth-order valence-corrected chi connectivity index (χ4v) is 4.60. The van der Waals surface area contributed by atoms with Crippen LogP contribution in [-0.4, -0.2) is 19.2 Å². The number of aryl methyl sites for hydroxylation is 1. The number of hydrogen-bond acceptors (Lipinski definition) is 4. The van der Waals surface area contributed by atoms with Crippen molar-refractivity contribution >= 4 is 37.1 Å². The van der Waals surface area contributed by atoms with Crippen molar-refractivity contribution in [3.8, 4) is 0 Å². The zero-order chi connectivity index (χ0) is 8.77. The Hall–Kier alpha value is 0.0600. The van der Waals surface area contributed by atoms with Crippen LogP contribution in [0.15, 0.2) is 3.92 Å². The second kappa shape index (κ2) is 2.78. The number of fused-ring (bicyclic) bond motifs is 1. The molecule has 1 aliphatic heterocycles. The molecule has 2 rings (SSSR count). The summed E-state index contributed by atoms with van der Waals surface area (Å²) in [6, 6.07) is 0. The molecule has 0 unspecified atom stereocenters. The smallest absolute Gasteiger partial charge is 0.159 e. The molecule has 0 saturated carbocycles. The molecular formula is C6H6BrNO2S2. The number of aromatic nitrogens is 1. The van der Waals surface area contributed by atoms with Gasteiger partial charge in [-0.2, -0.15) is 0 Å². The van der Waals surface area contributed by atoms with Crippen LogP contribution in [0, 0.1) is 0 Å². The maximum Gasteiger partial charge on any atom is 0.159 e. The highest BCUT2D eigenvalue weighted by Crippen LogP contribution is 2.28. The minimum atomic E-state index is -2.83. The first-order valence-electron chi connectivity index (χ1n) is 3.41. The average molecular weight is 268 g/mol. The predicted molar refractivity (Wildman–Crippen MR) is 51.0 cm³/mol. The van der Waals surface area contributed by atoms with Crippen molar-refractivity contribution in [3.05, 3.63) is 14.5 Å². The standard InChI is InChI=1S/C6H6BrNO2S2/c7-6-8-4-1-2-12(9,10)3-5(4)11-6/h1-3H2. The minimum absolute atomic E-state index is 0.172. The summed E-state index contributed by atoms with van der Waals surface area (Å²) < 4.78 is 23.2. The molecule has 0 aliphatic carbocycles. The lowest BCUT2D eigenvalue weighted by molar-refractivity contribution is 0.591. The van der Waals surface area contributed by atoms with Crippen LogP contribution in [0.2, 0.25) is 0 Å². The fourth-order valence-electron chi connectivity index (χ4n) is 1.18. The number of rotatable bonds is 0. The third kappa shape index (κ3) is 1.55. The van der Waals surface area contributed by atoms with Gasteiger partial charge in [-0.3, -0.25) is 0 Å². The largest absolute Gasteiger partial charge is 0.234 e. The van der Waals surface area contributed by atoms with E-state index in [1.165, 1.54) is 11.3 Å². The summed E-state index contributed by atoms with van der Waals surface area (Å²) in [4.78, 5) is 5.08. The Morgan fingerprint density at radius 2 is 2.25 bits per heavy atom. The van der Waals surface area contributed by atoms with Crippen LogP contribution >= 0.6 is 27.3 Å². The maximum atomic E-state index is 11.2. The predicted octanol–water partition coefficient (Wildman–Crippen LogP) is 1.38. The molecule has 1 aromatic heterocycles. The Bertz CT molecular complexity index is 409. The first kappa shape index (κ1) is 8.65. The van der Waals surface area contributed by atoms with E-state index in [1.807, 2.05) is 0 Å². The van der Waals surface area contributed by atoms with Crippen LogP contribution < -0.4 is 0 Å². The Morgan fingerprint density at radius 3 is 3.00 bits per heavy atom. The van der Waals surface area contributed by atoms with Gasteiger partial charge in [0, 0.05) is 11.3 Å². The van der Waals surface area contributed by atoms with Crippen LogP contribution in [0.5, 0.6) is 0 Å². The van der Waals surface area contributed by atoms with Gasteiger partial charge < -0.3 is 0 Å². The average Bonchev–Trinajstić information content (AvgIpc) is 2.26. The van der Waals surface area contributed by atoms with E-state index in [9.17, 15) is 8.42 Å². The molecule has 1 aliphatic rings. The third-order valence-corrected chi connectivity index (χ3v) is 5.04. The van der Waals surface area contributed by atoms with E-state index in [-0.39, 0.29) is 11.5 Å². The summed E-state index contributed by atoms with van der Waals surface area (Å²) in [5, 5.41) is 0. The molecule has 0 N–H and O–H groups in total. The molecule has 12 heavy (non-hydrogen) atoms. The molecule has 0 spiro atoms. The molecule has 0 aromatic carbocycles. The van der Waals surface area contributed by atoms with Crippen molar-refractivity contribution in [1.82, 2.24) is 4.98 Å². The molecule has 6 heteroatoms. The number of thiazole rings is 1. The fraction of sp³-hybridized carbons (Fsp3) is 0.500. The van der Waals surface area contributed by atoms with Gasteiger partial charge in [0.25, 0.3) is 0 Å². The molecule has 66 valence electrons. The van der Waals surface area contributed by atoms with Crippen LogP contribution in [-0.2, 0) is 22.0 Å². The molecular weight excluding hydrogens is 262 g/mol. The van der Waals surface area contributed by atoms with E-state index in [1.54, 1.807) is 0 Å². The van der Waals surface area contributed by atoms with Gasteiger partial charge in [0.05, 0.1) is 17.2 Å². The molecule has 0 saturated heterocycles. The highest BCUT2D eigenvalue weighted by atomic mass is 79.9. The summed E-state index contributed by atoms with van der Waals surface area (Å²) in [5.41, 5.74) is 0.946. The normalized spacial score (nSPS) is 20.4.